The number of unbranched alkanes of at least 4 members (excludes halogenated alkanes) is 30. The molecule has 17 nitrogen and oxygen atoms in total. The normalized spacial score (nSPS) is 14.5. The third kappa shape index (κ3) is 66.8. The highest BCUT2D eigenvalue weighted by molar-refractivity contribution is 7.47. The first-order valence-electron chi connectivity index (χ1n) is 36.8. The van der Waals surface area contributed by atoms with E-state index in [0.717, 1.165) is 122 Å². The number of aliphatic hydroxyl groups is 1. The molecule has 0 amide bonds. The largest absolute Gasteiger partial charge is 0.472 e. The molecule has 19 heteroatoms. The van der Waals surface area contributed by atoms with Crippen LogP contribution in [0.5, 0.6) is 0 Å². The molecule has 0 aliphatic heterocycles. The number of phosphoric acid groups is 2. The number of ether oxygens (including phenoxy) is 4. The topological polar surface area (TPSA) is 237 Å². The summed E-state index contributed by atoms with van der Waals surface area (Å²) in [5.74, 6) is -2.32. The van der Waals surface area contributed by atoms with E-state index in [9.17, 15) is 43.2 Å². The molecular weight excluding hydrogens is 1230 g/mol. The van der Waals surface area contributed by atoms with E-state index in [0.29, 0.717) is 25.7 Å². The summed E-state index contributed by atoms with van der Waals surface area (Å²) in [5.41, 5.74) is 0. The van der Waals surface area contributed by atoms with Crippen LogP contribution in [0.2, 0.25) is 0 Å². The Hall–Kier alpha value is -3.76. The maximum atomic E-state index is 13.0. The molecule has 0 aromatic heterocycles. The van der Waals surface area contributed by atoms with Crippen molar-refractivity contribution < 1.29 is 80.2 Å². The van der Waals surface area contributed by atoms with Gasteiger partial charge in [0.15, 0.2) is 12.2 Å². The van der Waals surface area contributed by atoms with Crippen molar-refractivity contribution in [1.29, 1.82) is 0 Å². The first kappa shape index (κ1) is 90.2. The summed E-state index contributed by atoms with van der Waals surface area (Å²) >= 11 is 0. The van der Waals surface area contributed by atoms with Crippen molar-refractivity contribution in [3.8, 4) is 0 Å². The minimum absolute atomic E-state index is 0.0679. The van der Waals surface area contributed by atoms with E-state index in [1.54, 1.807) is 6.08 Å². The van der Waals surface area contributed by atoms with Crippen molar-refractivity contribution in [2.75, 3.05) is 39.6 Å². The molecule has 3 N–H and O–H groups in total. The van der Waals surface area contributed by atoms with Crippen molar-refractivity contribution >= 4 is 39.5 Å². The first-order valence-corrected chi connectivity index (χ1v) is 39.8. The molecule has 0 aromatic rings. The van der Waals surface area contributed by atoms with Gasteiger partial charge in [-0.1, -0.05) is 286 Å². The van der Waals surface area contributed by atoms with Crippen LogP contribution in [0.4, 0.5) is 0 Å². The van der Waals surface area contributed by atoms with Gasteiger partial charge in [-0.05, 0) is 83.5 Å². The van der Waals surface area contributed by atoms with Gasteiger partial charge in [0.2, 0.25) is 0 Å². The predicted molar refractivity (Wildman–Crippen MR) is 381 cm³/mol. The van der Waals surface area contributed by atoms with Crippen LogP contribution in [-0.2, 0) is 65.4 Å². The summed E-state index contributed by atoms with van der Waals surface area (Å²) in [6.45, 7) is 4.61. The fourth-order valence-corrected chi connectivity index (χ4v) is 11.4. The molecule has 0 bridgehead atoms. The zero-order chi connectivity index (χ0) is 69.0. The lowest BCUT2D eigenvalue weighted by Gasteiger charge is -2.21. The Morgan fingerprint density at radius 2 is 0.596 bits per heavy atom. The number of esters is 4. The number of carbonyl (C=O) groups is 4. The number of allylic oxidation sites excluding steroid dienone is 13. The Bertz CT molecular complexity index is 2120. The molecule has 0 spiro atoms. The van der Waals surface area contributed by atoms with Crippen molar-refractivity contribution in [3.63, 3.8) is 0 Å². The van der Waals surface area contributed by atoms with Gasteiger partial charge < -0.3 is 33.8 Å². The minimum Gasteiger partial charge on any atom is -0.462 e. The van der Waals surface area contributed by atoms with Gasteiger partial charge in [-0.25, -0.2) is 9.13 Å². The van der Waals surface area contributed by atoms with Gasteiger partial charge in [0, 0.05) is 19.3 Å². The lowest BCUT2D eigenvalue weighted by Crippen LogP contribution is -2.30. The molecule has 0 fully saturated rings. The number of carbonyl (C=O) groups excluding carboxylic acids is 4. The van der Waals surface area contributed by atoms with Crippen LogP contribution < -0.4 is 0 Å². The van der Waals surface area contributed by atoms with Crippen LogP contribution in [0, 0.1) is 0 Å². The highest BCUT2D eigenvalue weighted by Gasteiger charge is 2.30. The van der Waals surface area contributed by atoms with Crippen LogP contribution >= 0.6 is 15.6 Å². The lowest BCUT2D eigenvalue weighted by atomic mass is 10.0. The fourth-order valence-electron chi connectivity index (χ4n) is 9.79. The van der Waals surface area contributed by atoms with E-state index in [-0.39, 0.29) is 25.7 Å². The molecule has 5 unspecified atom stereocenters. The molecule has 0 aliphatic carbocycles. The summed E-state index contributed by atoms with van der Waals surface area (Å²) in [6.07, 6.45) is 67.6. The number of rotatable bonds is 69. The second-order valence-corrected chi connectivity index (χ2v) is 27.4. The number of hydrogen-bond acceptors (Lipinski definition) is 15. The maximum Gasteiger partial charge on any atom is 0.472 e. The minimum atomic E-state index is -4.98. The van der Waals surface area contributed by atoms with Gasteiger partial charge in [-0.3, -0.25) is 37.3 Å². The Morgan fingerprint density at radius 3 is 0.968 bits per heavy atom. The average Bonchev–Trinajstić information content (AvgIpc) is 1.35. The molecule has 0 rings (SSSR count). The quantitative estimate of drug-likeness (QED) is 0.0169. The Morgan fingerprint density at radius 1 is 0.319 bits per heavy atom. The highest BCUT2D eigenvalue weighted by Crippen LogP contribution is 2.45. The SMILES string of the molecule is CC/C=C\C/C=C\C/C=C\C/C=C\C/C=C\CC(=O)OCC(COP(=O)(O)OCC(O)COP(=O)(O)OCC(COC(=O)CCCCCCC/C=C\C/C=C\CCCCC)OC(=O)CCCCCCCCCCCCCCC)OC(=O)CCCCCCCCCCCCC. The van der Waals surface area contributed by atoms with Crippen molar-refractivity contribution in [3.05, 3.63) is 85.1 Å². The molecular formula is C75H132O17P2. The molecule has 0 saturated heterocycles. The third-order valence-corrected chi connectivity index (χ3v) is 17.3. The monoisotopic (exact) mass is 1370 g/mol. The summed E-state index contributed by atoms with van der Waals surface area (Å²) in [5, 5.41) is 10.6. The lowest BCUT2D eigenvalue weighted by molar-refractivity contribution is -0.161. The maximum absolute atomic E-state index is 13.0. The van der Waals surface area contributed by atoms with E-state index >= 15 is 0 Å². The molecule has 94 heavy (non-hydrogen) atoms. The fraction of sp³-hybridized carbons (Fsp3) is 0.760. The van der Waals surface area contributed by atoms with E-state index in [2.05, 4.69) is 88.5 Å². The summed E-state index contributed by atoms with van der Waals surface area (Å²) in [6, 6.07) is 0. The van der Waals surface area contributed by atoms with Crippen molar-refractivity contribution in [1.82, 2.24) is 0 Å². The number of aliphatic hydroxyl groups excluding tert-OH is 1. The van der Waals surface area contributed by atoms with Crippen LogP contribution in [0.1, 0.15) is 310 Å². The summed E-state index contributed by atoms with van der Waals surface area (Å²) < 4.78 is 68.2. The number of phosphoric ester groups is 2. The molecule has 5 atom stereocenters. The van der Waals surface area contributed by atoms with Crippen molar-refractivity contribution in [2.45, 2.75) is 329 Å². The van der Waals surface area contributed by atoms with Gasteiger partial charge in [0.25, 0.3) is 0 Å². The highest BCUT2D eigenvalue weighted by atomic mass is 31.2. The Kier molecular flexibility index (Phi) is 65.1. The predicted octanol–water partition coefficient (Wildman–Crippen LogP) is 20.7. The number of hydrogen-bond donors (Lipinski definition) is 3. The third-order valence-electron chi connectivity index (χ3n) is 15.4. The van der Waals surface area contributed by atoms with E-state index < -0.39 is 97.5 Å². The average molecular weight is 1370 g/mol. The van der Waals surface area contributed by atoms with E-state index in [1.165, 1.54) is 109 Å². The molecule has 544 valence electrons. The van der Waals surface area contributed by atoms with E-state index in [1.807, 2.05) is 18.2 Å². The second-order valence-electron chi connectivity index (χ2n) is 24.5. The van der Waals surface area contributed by atoms with Gasteiger partial charge in [0.05, 0.1) is 32.8 Å². The summed E-state index contributed by atoms with van der Waals surface area (Å²) in [4.78, 5) is 72.6. The Balaban J connectivity index is 5.37. The van der Waals surface area contributed by atoms with Gasteiger partial charge in [-0.15, -0.1) is 0 Å². The summed E-state index contributed by atoms with van der Waals surface area (Å²) in [7, 11) is -9.96. The Labute approximate surface area is 570 Å². The molecule has 0 aliphatic rings. The zero-order valence-corrected chi connectivity index (χ0v) is 60.9. The standard InChI is InChI=1S/C75H132O17P2/c1-5-9-13-17-21-25-29-32-34-37-40-43-47-51-55-59-72(77)85-65-70(91-74(79)61-57-53-49-45-39-28-24-20-16-12-8-4)67-89-93(81,82)87-63-69(76)64-88-94(83,84)90-68-71(92-75(80)62-58-54-50-46-42-36-31-27-23-19-15-11-7-3)66-86-73(78)60-56-52-48-44-41-38-35-33-30-26-22-18-14-10-6-2/h9,13,21-22,25-26,32-35,40,43,51,55,69-71,76H,5-8,10-12,14-20,23-24,27-31,36-39,41-42,44-50,52-54,56-68H2,1-4H3,(H,81,82)(H,83,84)/b13-9-,25-21-,26-22-,34-32-,35-33-,43-40-,55-51-. The molecule has 0 heterocycles. The first-order chi connectivity index (χ1) is 45.7. The molecule has 0 saturated carbocycles. The van der Waals surface area contributed by atoms with Gasteiger partial charge in [0.1, 0.15) is 19.3 Å². The van der Waals surface area contributed by atoms with Crippen LogP contribution in [-0.4, -0.2) is 96.7 Å². The molecule has 0 aromatic carbocycles. The van der Waals surface area contributed by atoms with Crippen LogP contribution in [0.25, 0.3) is 0 Å². The molecule has 0 radical (unpaired) electrons. The van der Waals surface area contributed by atoms with Crippen LogP contribution in [0.3, 0.4) is 0 Å². The second kappa shape index (κ2) is 67.8. The smallest absolute Gasteiger partial charge is 0.462 e. The van der Waals surface area contributed by atoms with Crippen LogP contribution in [0.15, 0.2) is 85.1 Å². The van der Waals surface area contributed by atoms with Crippen molar-refractivity contribution in [2.24, 2.45) is 0 Å². The van der Waals surface area contributed by atoms with Gasteiger partial charge >= 0.3 is 39.5 Å². The van der Waals surface area contributed by atoms with Gasteiger partial charge in [-0.2, -0.15) is 0 Å². The zero-order valence-electron chi connectivity index (χ0n) is 59.1. The van der Waals surface area contributed by atoms with E-state index in [4.69, 9.17) is 37.0 Å².